The highest BCUT2D eigenvalue weighted by Gasteiger charge is 2.26. The molecule has 0 aromatic rings. The minimum Gasteiger partial charge on any atom is -0.377 e. The Bertz CT molecular complexity index is 139. The molecule has 0 aromatic carbocycles. The third-order valence-corrected chi connectivity index (χ3v) is 1.65. The molecule has 0 bridgehead atoms. The summed E-state index contributed by atoms with van der Waals surface area (Å²) in [6, 6.07) is 0. The van der Waals surface area contributed by atoms with E-state index < -0.39 is 12.6 Å². The Hall–Kier alpha value is -0.290. The molecule has 14 heavy (non-hydrogen) atoms. The molecule has 5 heteroatoms. The minimum atomic E-state index is -4.11. The van der Waals surface area contributed by atoms with E-state index in [1.807, 2.05) is 6.92 Å². The predicted octanol–water partition coefficient (Wildman–Crippen LogP) is 2.34. The molecule has 86 valence electrons. The lowest BCUT2D eigenvalue weighted by atomic mass is 10.3. The number of hydrogen-bond acceptors (Lipinski definition) is 2. The number of alkyl halides is 3. The Morgan fingerprint density at radius 3 is 2.50 bits per heavy atom. The normalized spacial score (nSPS) is 14.4. The van der Waals surface area contributed by atoms with E-state index in [1.54, 1.807) is 6.92 Å². The van der Waals surface area contributed by atoms with Gasteiger partial charge in [0.25, 0.3) is 0 Å². The van der Waals surface area contributed by atoms with Crippen LogP contribution in [0, 0.1) is 0 Å². The van der Waals surface area contributed by atoms with Gasteiger partial charge in [0, 0.05) is 6.54 Å². The second kappa shape index (κ2) is 7.06. The topological polar surface area (TPSA) is 21.3 Å². The molecule has 0 radical (unpaired) electrons. The maximum absolute atomic E-state index is 11.7. The number of ether oxygens (including phenoxy) is 1. The van der Waals surface area contributed by atoms with Gasteiger partial charge in [0.2, 0.25) is 0 Å². The largest absolute Gasteiger partial charge is 0.391 e. The van der Waals surface area contributed by atoms with Crippen molar-refractivity contribution in [3.8, 4) is 0 Å². The molecule has 0 rings (SSSR count). The highest BCUT2D eigenvalue weighted by atomic mass is 19.4. The van der Waals surface area contributed by atoms with Crippen LogP contribution < -0.4 is 5.32 Å². The summed E-state index contributed by atoms with van der Waals surface area (Å²) in [6.07, 6.45) is -4.14. The summed E-state index contributed by atoms with van der Waals surface area (Å²) in [7, 11) is 0. The van der Waals surface area contributed by atoms with E-state index in [2.05, 4.69) is 5.32 Å². The molecule has 0 aliphatic heterocycles. The second-order valence-electron chi connectivity index (χ2n) is 3.25. The monoisotopic (exact) mass is 213 g/mol. The van der Waals surface area contributed by atoms with Crippen LogP contribution in [0.15, 0.2) is 0 Å². The zero-order chi connectivity index (χ0) is 11.0. The van der Waals surface area contributed by atoms with Gasteiger partial charge in [-0.2, -0.15) is 13.2 Å². The summed E-state index contributed by atoms with van der Waals surface area (Å²) >= 11 is 0. The SMILES string of the molecule is CCCNCC(C)OCCC(F)(F)F. The van der Waals surface area contributed by atoms with E-state index >= 15 is 0 Å². The lowest BCUT2D eigenvalue weighted by Crippen LogP contribution is -2.28. The van der Waals surface area contributed by atoms with Crippen LogP contribution in [0.1, 0.15) is 26.7 Å². The first-order valence-electron chi connectivity index (χ1n) is 4.84. The molecule has 1 unspecified atom stereocenters. The van der Waals surface area contributed by atoms with Gasteiger partial charge in [-0.05, 0) is 19.9 Å². The Labute approximate surface area is 82.8 Å². The summed E-state index contributed by atoms with van der Waals surface area (Å²) in [6.45, 7) is 5.01. The standard InChI is InChI=1S/C9H18F3NO/c1-3-5-13-7-8(2)14-6-4-9(10,11)12/h8,13H,3-7H2,1-2H3. The average molecular weight is 213 g/mol. The molecule has 0 amide bonds. The number of halogens is 3. The molecular weight excluding hydrogens is 195 g/mol. The maximum atomic E-state index is 11.7. The Balaban J connectivity index is 3.31. The van der Waals surface area contributed by atoms with Crippen LogP contribution in [-0.2, 0) is 4.74 Å². The van der Waals surface area contributed by atoms with Crippen molar-refractivity contribution in [3.63, 3.8) is 0 Å². The molecule has 1 N–H and O–H groups in total. The Morgan fingerprint density at radius 2 is 2.00 bits per heavy atom. The van der Waals surface area contributed by atoms with Gasteiger partial charge in [-0.3, -0.25) is 0 Å². The van der Waals surface area contributed by atoms with Crippen LogP contribution in [0.5, 0.6) is 0 Å². The lowest BCUT2D eigenvalue weighted by Gasteiger charge is -2.14. The number of hydrogen-bond donors (Lipinski definition) is 1. The summed E-state index contributed by atoms with van der Waals surface area (Å²) in [5.74, 6) is 0. The van der Waals surface area contributed by atoms with Gasteiger partial charge in [0.05, 0.1) is 19.1 Å². The van der Waals surface area contributed by atoms with Gasteiger partial charge in [-0.25, -0.2) is 0 Å². The van der Waals surface area contributed by atoms with Crippen molar-refractivity contribution in [2.45, 2.75) is 39.0 Å². The Kier molecular flexibility index (Phi) is 6.92. The van der Waals surface area contributed by atoms with Crippen molar-refractivity contribution in [3.05, 3.63) is 0 Å². The van der Waals surface area contributed by atoms with E-state index in [4.69, 9.17) is 4.74 Å². The molecule has 2 nitrogen and oxygen atoms in total. The van der Waals surface area contributed by atoms with Crippen molar-refractivity contribution in [1.82, 2.24) is 5.32 Å². The predicted molar refractivity (Wildman–Crippen MR) is 49.2 cm³/mol. The van der Waals surface area contributed by atoms with Crippen LogP contribution in [0.25, 0.3) is 0 Å². The first-order valence-corrected chi connectivity index (χ1v) is 4.84. The van der Waals surface area contributed by atoms with E-state index in [0.29, 0.717) is 6.54 Å². The number of nitrogens with one attached hydrogen (secondary N) is 1. The fourth-order valence-electron chi connectivity index (χ4n) is 0.917. The summed E-state index contributed by atoms with van der Waals surface area (Å²) in [4.78, 5) is 0. The van der Waals surface area contributed by atoms with Gasteiger partial charge in [-0.1, -0.05) is 6.92 Å². The lowest BCUT2D eigenvalue weighted by molar-refractivity contribution is -0.148. The average Bonchev–Trinajstić information content (AvgIpc) is 2.02. The zero-order valence-electron chi connectivity index (χ0n) is 8.66. The van der Waals surface area contributed by atoms with Gasteiger partial charge >= 0.3 is 6.18 Å². The molecule has 0 spiro atoms. The maximum Gasteiger partial charge on any atom is 0.391 e. The molecule has 0 aliphatic carbocycles. The number of rotatable bonds is 7. The van der Waals surface area contributed by atoms with Crippen LogP contribution in [0.2, 0.25) is 0 Å². The molecule has 0 fully saturated rings. The van der Waals surface area contributed by atoms with Gasteiger partial charge < -0.3 is 10.1 Å². The first kappa shape index (κ1) is 13.7. The van der Waals surface area contributed by atoms with Crippen molar-refractivity contribution < 1.29 is 17.9 Å². The molecule has 0 saturated carbocycles. The van der Waals surface area contributed by atoms with Crippen LogP contribution in [0.4, 0.5) is 13.2 Å². The second-order valence-corrected chi connectivity index (χ2v) is 3.25. The molecule has 0 aliphatic rings. The molecule has 0 aromatic heterocycles. The van der Waals surface area contributed by atoms with Gasteiger partial charge in [-0.15, -0.1) is 0 Å². The fraction of sp³-hybridized carbons (Fsp3) is 1.00. The van der Waals surface area contributed by atoms with E-state index in [0.717, 1.165) is 13.0 Å². The third kappa shape index (κ3) is 9.80. The van der Waals surface area contributed by atoms with Crippen molar-refractivity contribution in [2.75, 3.05) is 19.7 Å². The third-order valence-electron chi connectivity index (χ3n) is 1.65. The van der Waals surface area contributed by atoms with E-state index in [1.165, 1.54) is 0 Å². The van der Waals surface area contributed by atoms with Crippen LogP contribution in [-0.4, -0.2) is 32.0 Å². The van der Waals surface area contributed by atoms with Crippen molar-refractivity contribution >= 4 is 0 Å². The van der Waals surface area contributed by atoms with Crippen molar-refractivity contribution in [2.24, 2.45) is 0 Å². The molecular formula is C9H18F3NO. The highest BCUT2D eigenvalue weighted by Crippen LogP contribution is 2.19. The van der Waals surface area contributed by atoms with Gasteiger partial charge in [0.1, 0.15) is 0 Å². The minimum absolute atomic E-state index is 0.163. The van der Waals surface area contributed by atoms with Crippen LogP contribution in [0.3, 0.4) is 0 Å². The van der Waals surface area contributed by atoms with Crippen molar-refractivity contribution in [1.29, 1.82) is 0 Å². The zero-order valence-corrected chi connectivity index (χ0v) is 8.66. The van der Waals surface area contributed by atoms with E-state index in [9.17, 15) is 13.2 Å². The van der Waals surface area contributed by atoms with Crippen LogP contribution >= 0.6 is 0 Å². The van der Waals surface area contributed by atoms with E-state index in [-0.39, 0.29) is 12.7 Å². The molecule has 0 saturated heterocycles. The molecule has 1 atom stereocenters. The summed E-state index contributed by atoms with van der Waals surface area (Å²) in [5.41, 5.74) is 0. The fourth-order valence-corrected chi connectivity index (χ4v) is 0.917. The first-order chi connectivity index (χ1) is 6.45. The van der Waals surface area contributed by atoms with Gasteiger partial charge in [0.15, 0.2) is 0 Å². The highest BCUT2D eigenvalue weighted by molar-refractivity contribution is 4.56. The summed E-state index contributed by atoms with van der Waals surface area (Å²) in [5, 5.41) is 3.08. The quantitative estimate of drug-likeness (QED) is 0.655. The smallest absolute Gasteiger partial charge is 0.377 e. The molecule has 0 heterocycles. The summed E-state index contributed by atoms with van der Waals surface area (Å²) < 4.78 is 40.1. The Morgan fingerprint density at radius 1 is 1.36 bits per heavy atom.